The van der Waals surface area contributed by atoms with E-state index in [9.17, 15) is 4.79 Å². The highest BCUT2D eigenvalue weighted by Crippen LogP contribution is 2.16. The van der Waals surface area contributed by atoms with Gasteiger partial charge >= 0.3 is 0 Å². The second-order valence-electron chi connectivity index (χ2n) is 5.32. The van der Waals surface area contributed by atoms with Crippen LogP contribution in [0.2, 0.25) is 0 Å². The summed E-state index contributed by atoms with van der Waals surface area (Å²) in [4.78, 5) is 12.0. The van der Waals surface area contributed by atoms with E-state index in [2.05, 4.69) is 28.7 Å². The Morgan fingerprint density at radius 1 is 0.913 bits per heavy atom. The lowest BCUT2D eigenvalue weighted by atomic mass is 10.0. The van der Waals surface area contributed by atoms with Crippen molar-refractivity contribution in [3.05, 3.63) is 77.9 Å². The van der Waals surface area contributed by atoms with Gasteiger partial charge in [-0.25, -0.2) is 5.43 Å². The second kappa shape index (κ2) is 6.32. The molecule has 3 rings (SSSR count). The molecule has 0 aliphatic rings. The monoisotopic (exact) mass is 303 g/mol. The van der Waals surface area contributed by atoms with Crippen LogP contribution in [-0.4, -0.2) is 11.6 Å². The number of nitrogen functional groups attached to an aromatic ring is 1. The van der Waals surface area contributed by atoms with E-state index in [1.54, 1.807) is 24.3 Å². The van der Waals surface area contributed by atoms with Crippen LogP contribution < -0.4 is 11.2 Å². The Balaban J connectivity index is 1.78. The molecule has 0 bridgehead atoms. The third-order valence-electron chi connectivity index (χ3n) is 3.67. The van der Waals surface area contributed by atoms with Crippen molar-refractivity contribution < 1.29 is 4.79 Å². The third kappa shape index (κ3) is 3.37. The first-order chi connectivity index (χ1) is 11.1. The Kier molecular flexibility index (Phi) is 4.06. The Morgan fingerprint density at radius 2 is 1.57 bits per heavy atom. The summed E-state index contributed by atoms with van der Waals surface area (Å²) in [5.74, 6) is -0.259. The molecule has 0 aliphatic heterocycles. The van der Waals surface area contributed by atoms with Gasteiger partial charge in [-0.05, 0) is 53.6 Å². The van der Waals surface area contributed by atoms with Gasteiger partial charge in [-0.3, -0.25) is 4.79 Å². The molecule has 0 saturated heterocycles. The van der Waals surface area contributed by atoms with Crippen molar-refractivity contribution in [3.63, 3.8) is 0 Å². The van der Waals surface area contributed by atoms with Crippen molar-refractivity contribution in [2.24, 2.45) is 5.10 Å². The Hall–Kier alpha value is -3.14. The Labute approximate surface area is 134 Å². The molecule has 0 atom stereocenters. The summed E-state index contributed by atoms with van der Waals surface area (Å²) in [6.07, 6.45) is 0. The van der Waals surface area contributed by atoms with Crippen molar-refractivity contribution in [2.75, 3.05) is 5.73 Å². The number of nitrogens with zero attached hydrogens (tertiary/aromatic N) is 1. The molecule has 3 aromatic rings. The minimum atomic E-state index is -0.259. The molecule has 0 aromatic heterocycles. The van der Waals surface area contributed by atoms with E-state index in [-0.39, 0.29) is 5.91 Å². The molecule has 0 spiro atoms. The van der Waals surface area contributed by atoms with Crippen molar-refractivity contribution in [1.82, 2.24) is 5.43 Å². The predicted octanol–water partition coefficient (Wildman–Crippen LogP) is 3.58. The first-order valence-corrected chi connectivity index (χ1v) is 7.33. The number of nitrogens with one attached hydrogen (secondary N) is 1. The fourth-order valence-electron chi connectivity index (χ4n) is 2.31. The molecule has 1 amide bonds. The van der Waals surface area contributed by atoms with Gasteiger partial charge in [0.1, 0.15) is 0 Å². The summed E-state index contributed by atoms with van der Waals surface area (Å²) in [5.41, 5.74) is 11.1. The van der Waals surface area contributed by atoms with Crippen LogP contribution in [-0.2, 0) is 0 Å². The van der Waals surface area contributed by atoms with Gasteiger partial charge in [0.05, 0.1) is 5.71 Å². The molecule has 0 unspecified atom stereocenters. The zero-order chi connectivity index (χ0) is 16.2. The topological polar surface area (TPSA) is 67.5 Å². The van der Waals surface area contributed by atoms with Gasteiger partial charge in [0.25, 0.3) is 5.91 Å². The molecule has 0 aliphatic carbocycles. The predicted molar refractivity (Wildman–Crippen MR) is 94.5 cm³/mol. The fourth-order valence-corrected chi connectivity index (χ4v) is 2.31. The second-order valence-corrected chi connectivity index (χ2v) is 5.32. The fraction of sp³-hybridized carbons (Fsp3) is 0.0526. The van der Waals surface area contributed by atoms with E-state index in [0.717, 1.165) is 16.7 Å². The van der Waals surface area contributed by atoms with E-state index >= 15 is 0 Å². The standard InChI is InChI=1S/C19H17N3O/c1-13(16-7-6-14-4-2-3-5-17(14)12-16)21-22-19(23)15-8-10-18(20)11-9-15/h2-12H,20H2,1H3,(H,22,23)/b21-13+. The van der Waals surface area contributed by atoms with Crippen LogP contribution in [0.5, 0.6) is 0 Å². The van der Waals surface area contributed by atoms with Crippen LogP contribution in [0.3, 0.4) is 0 Å². The van der Waals surface area contributed by atoms with Gasteiger partial charge in [0.2, 0.25) is 0 Å². The molecule has 23 heavy (non-hydrogen) atoms. The molecule has 0 fully saturated rings. The first-order valence-electron chi connectivity index (χ1n) is 7.33. The number of nitrogens with two attached hydrogens (primary N) is 1. The lowest BCUT2D eigenvalue weighted by molar-refractivity contribution is 0.0955. The highest BCUT2D eigenvalue weighted by Gasteiger charge is 2.05. The zero-order valence-corrected chi connectivity index (χ0v) is 12.8. The van der Waals surface area contributed by atoms with E-state index in [1.165, 1.54) is 5.39 Å². The van der Waals surface area contributed by atoms with Gasteiger partial charge in [-0.1, -0.05) is 36.4 Å². The number of hydrogen-bond acceptors (Lipinski definition) is 3. The molecule has 0 radical (unpaired) electrons. The van der Waals surface area contributed by atoms with Crippen molar-refractivity contribution in [1.29, 1.82) is 0 Å². The summed E-state index contributed by atoms with van der Waals surface area (Å²) in [5, 5.41) is 6.50. The Bertz CT molecular complexity index is 883. The zero-order valence-electron chi connectivity index (χ0n) is 12.8. The molecular weight excluding hydrogens is 286 g/mol. The number of hydrazone groups is 1. The minimum absolute atomic E-state index is 0.259. The molecule has 0 saturated carbocycles. The molecule has 4 nitrogen and oxygen atoms in total. The number of amides is 1. The molecule has 114 valence electrons. The number of carbonyl (C=O) groups excluding carboxylic acids is 1. The average molecular weight is 303 g/mol. The number of rotatable bonds is 3. The van der Waals surface area contributed by atoms with Gasteiger partial charge in [-0.15, -0.1) is 0 Å². The highest BCUT2D eigenvalue weighted by molar-refractivity contribution is 6.03. The van der Waals surface area contributed by atoms with E-state index in [4.69, 9.17) is 5.73 Å². The van der Waals surface area contributed by atoms with Gasteiger partial charge in [-0.2, -0.15) is 5.10 Å². The number of benzene rings is 3. The summed E-state index contributed by atoms with van der Waals surface area (Å²) in [7, 11) is 0. The Morgan fingerprint density at radius 3 is 2.30 bits per heavy atom. The normalized spacial score (nSPS) is 11.4. The number of fused-ring (bicyclic) bond motifs is 1. The van der Waals surface area contributed by atoms with E-state index < -0.39 is 0 Å². The molecule has 3 aromatic carbocycles. The summed E-state index contributed by atoms with van der Waals surface area (Å²) < 4.78 is 0. The third-order valence-corrected chi connectivity index (χ3v) is 3.67. The molecule has 0 heterocycles. The number of anilines is 1. The maximum atomic E-state index is 12.0. The smallest absolute Gasteiger partial charge is 0.271 e. The van der Waals surface area contributed by atoms with Crippen molar-refractivity contribution in [3.8, 4) is 0 Å². The van der Waals surface area contributed by atoms with Crippen LogP contribution in [0.25, 0.3) is 10.8 Å². The lowest BCUT2D eigenvalue weighted by Gasteiger charge is -2.05. The van der Waals surface area contributed by atoms with Crippen molar-refractivity contribution in [2.45, 2.75) is 6.92 Å². The van der Waals surface area contributed by atoms with Gasteiger partial charge < -0.3 is 5.73 Å². The van der Waals surface area contributed by atoms with Crippen LogP contribution in [0.1, 0.15) is 22.8 Å². The van der Waals surface area contributed by atoms with Gasteiger partial charge in [0, 0.05) is 11.3 Å². The van der Waals surface area contributed by atoms with Gasteiger partial charge in [0.15, 0.2) is 0 Å². The van der Waals surface area contributed by atoms with Crippen molar-refractivity contribution >= 4 is 28.1 Å². The van der Waals surface area contributed by atoms with E-state index in [1.807, 2.05) is 31.2 Å². The van der Waals surface area contributed by atoms with Crippen LogP contribution >= 0.6 is 0 Å². The van der Waals surface area contributed by atoms with Crippen LogP contribution in [0, 0.1) is 0 Å². The maximum Gasteiger partial charge on any atom is 0.271 e. The largest absolute Gasteiger partial charge is 0.399 e. The molecule has 3 N–H and O–H groups in total. The minimum Gasteiger partial charge on any atom is -0.399 e. The van der Waals surface area contributed by atoms with Crippen LogP contribution in [0.15, 0.2) is 71.8 Å². The number of hydrogen-bond donors (Lipinski definition) is 2. The maximum absolute atomic E-state index is 12.0. The SMILES string of the molecule is C/C(=N\NC(=O)c1ccc(N)cc1)c1ccc2ccccc2c1. The molecular formula is C19H17N3O. The molecule has 4 heteroatoms. The lowest BCUT2D eigenvalue weighted by Crippen LogP contribution is -2.19. The van der Waals surface area contributed by atoms with E-state index in [0.29, 0.717) is 11.3 Å². The first kappa shape index (κ1) is 14.8. The number of carbonyl (C=O) groups is 1. The summed E-state index contributed by atoms with van der Waals surface area (Å²) >= 11 is 0. The van der Waals surface area contributed by atoms with Crippen LogP contribution in [0.4, 0.5) is 5.69 Å². The average Bonchev–Trinajstić information content (AvgIpc) is 2.59. The summed E-state index contributed by atoms with van der Waals surface area (Å²) in [6.45, 7) is 1.87. The quantitative estimate of drug-likeness (QED) is 0.441. The summed E-state index contributed by atoms with van der Waals surface area (Å²) in [6, 6.07) is 21.0. The highest BCUT2D eigenvalue weighted by atomic mass is 16.2.